The minimum atomic E-state index is -0.225. The Kier molecular flexibility index (Phi) is 4.85. The van der Waals surface area contributed by atoms with Gasteiger partial charge in [0.1, 0.15) is 4.88 Å². The van der Waals surface area contributed by atoms with E-state index in [1.54, 1.807) is 0 Å². The highest BCUT2D eigenvalue weighted by Crippen LogP contribution is 2.25. The van der Waals surface area contributed by atoms with Crippen molar-refractivity contribution < 1.29 is 4.79 Å². The van der Waals surface area contributed by atoms with Crippen LogP contribution in [-0.2, 0) is 5.41 Å². The van der Waals surface area contributed by atoms with Crippen LogP contribution in [0.25, 0.3) is 0 Å². The topological polar surface area (TPSA) is 54.9 Å². The van der Waals surface area contributed by atoms with Crippen LogP contribution in [0.15, 0.2) is 0 Å². The molecule has 0 aliphatic carbocycles. The summed E-state index contributed by atoms with van der Waals surface area (Å²) in [6, 6.07) is -0.225. The zero-order valence-electron chi connectivity index (χ0n) is 11.3. The van der Waals surface area contributed by atoms with Gasteiger partial charge in [0.05, 0.1) is 11.7 Å². The number of aromatic nitrogens is 2. The third kappa shape index (κ3) is 3.54. The number of amides is 1. The summed E-state index contributed by atoms with van der Waals surface area (Å²) in [5.41, 5.74) is 0.521. The molecule has 0 radical (unpaired) electrons. The van der Waals surface area contributed by atoms with E-state index < -0.39 is 0 Å². The van der Waals surface area contributed by atoms with Gasteiger partial charge in [-0.05, 0) is 18.0 Å². The molecule has 0 bridgehead atoms. The lowest BCUT2D eigenvalue weighted by Gasteiger charge is -2.17. The van der Waals surface area contributed by atoms with Gasteiger partial charge >= 0.3 is 0 Å². The lowest BCUT2D eigenvalue weighted by Crippen LogP contribution is -2.34. The molecule has 5 heteroatoms. The summed E-state index contributed by atoms with van der Waals surface area (Å²) in [6.07, 6.45) is 7.10. The Bertz CT molecular complexity index is 454. The normalized spacial score (nSPS) is 12.8. The van der Waals surface area contributed by atoms with Crippen LogP contribution in [0.5, 0.6) is 0 Å². The summed E-state index contributed by atoms with van der Waals surface area (Å²) in [5, 5.41) is 6.88. The van der Waals surface area contributed by atoms with Crippen molar-refractivity contribution >= 4 is 17.4 Å². The zero-order chi connectivity index (χ0) is 13.8. The predicted octanol–water partition coefficient (Wildman–Crippen LogP) is 2.37. The molecule has 1 rings (SSSR count). The fourth-order valence-electron chi connectivity index (χ4n) is 1.54. The Morgan fingerprint density at radius 2 is 2.22 bits per heavy atom. The summed E-state index contributed by atoms with van der Waals surface area (Å²) < 4.78 is 3.87. The first-order valence-electron chi connectivity index (χ1n) is 6.00. The van der Waals surface area contributed by atoms with Crippen molar-refractivity contribution in [3.63, 3.8) is 0 Å². The molecule has 1 aromatic heterocycles. The first kappa shape index (κ1) is 14.7. The maximum atomic E-state index is 12.1. The van der Waals surface area contributed by atoms with Crippen LogP contribution < -0.4 is 5.32 Å². The van der Waals surface area contributed by atoms with E-state index in [-0.39, 0.29) is 17.4 Å². The van der Waals surface area contributed by atoms with Gasteiger partial charge < -0.3 is 5.32 Å². The Hall–Kier alpha value is -1.41. The van der Waals surface area contributed by atoms with Crippen LogP contribution in [0.4, 0.5) is 0 Å². The molecule has 1 heterocycles. The number of hydrogen-bond acceptors (Lipinski definition) is 4. The van der Waals surface area contributed by atoms with Gasteiger partial charge in [-0.1, -0.05) is 44.5 Å². The van der Waals surface area contributed by atoms with E-state index in [1.165, 1.54) is 0 Å². The molecule has 98 valence electrons. The van der Waals surface area contributed by atoms with E-state index in [0.717, 1.165) is 30.1 Å². The van der Waals surface area contributed by atoms with Crippen molar-refractivity contribution in [2.45, 2.75) is 52.0 Å². The van der Waals surface area contributed by atoms with Gasteiger partial charge in [-0.25, -0.2) is 0 Å². The van der Waals surface area contributed by atoms with E-state index >= 15 is 0 Å². The third-order valence-corrected chi connectivity index (χ3v) is 3.21. The standard InChI is InChI=1S/C13H19N3OS/c1-6-8-9(7-2)14-12(17)10-11(13(3,4)5)15-16-18-10/h2,9H,6,8H2,1,3-5H3,(H,14,17). The van der Waals surface area contributed by atoms with E-state index in [4.69, 9.17) is 6.42 Å². The van der Waals surface area contributed by atoms with Crippen molar-refractivity contribution in [2.75, 3.05) is 0 Å². The number of hydrogen-bond donors (Lipinski definition) is 1. The van der Waals surface area contributed by atoms with Gasteiger partial charge in [0, 0.05) is 5.41 Å². The SMILES string of the molecule is C#CC(CCC)NC(=O)c1snnc1C(C)(C)C. The smallest absolute Gasteiger partial charge is 0.265 e. The number of terminal acetylenes is 1. The molecule has 18 heavy (non-hydrogen) atoms. The van der Waals surface area contributed by atoms with Gasteiger partial charge in [0.2, 0.25) is 0 Å². The molecule has 0 spiro atoms. The molecular weight excluding hydrogens is 246 g/mol. The number of carbonyl (C=O) groups is 1. The molecule has 1 amide bonds. The van der Waals surface area contributed by atoms with Crippen LogP contribution in [0.3, 0.4) is 0 Å². The largest absolute Gasteiger partial charge is 0.338 e. The Balaban J connectivity index is 2.86. The van der Waals surface area contributed by atoms with Crippen LogP contribution in [0.2, 0.25) is 0 Å². The molecule has 1 unspecified atom stereocenters. The summed E-state index contributed by atoms with van der Waals surface area (Å²) in [5.74, 6) is 2.41. The summed E-state index contributed by atoms with van der Waals surface area (Å²) in [4.78, 5) is 12.7. The Morgan fingerprint density at radius 3 is 2.72 bits per heavy atom. The highest BCUT2D eigenvalue weighted by molar-refractivity contribution is 7.08. The lowest BCUT2D eigenvalue weighted by molar-refractivity contribution is 0.0946. The molecule has 0 saturated heterocycles. The number of carbonyl (C=O) groups excluding carboxylic acids is 1. The van der Waals surface area contributed by atoms with E-state index in [2.05, 4.69) is 20.8 Å². The van der Waals surface area contributed by atoms with E-state index in [1.807, 2.05) is 27.7 Å². The van der Waals surface area contributed by atoms with Crippen molar-refractivity contribution in [3.05, 3.63) is 10.6 Å². The van der Waals surface area contributed by atoms with Crippen LogP contribution in [0, 0.1) is 12.3 Å². The second-order valence-electron chi connectivity index (χ2n) is 5.18. The monoisotopic (exact) mass is 265 g/mol. The number of rotatable bonds is 4. The van der Waals surface area contributed by atoms with Crippen molar-refractivity contribution in [1.29, 1.82) is 0 Å². The fourth-order valence-corrected chi connectivity index (χ4v) is 2.32. The maximum Gasteiger partial charge on any atom is 0.265 e. The highest BCUT2D eigenvalue weighted by atomic mass is 32.1. The third-order valence-electron chi connectivity index (χ3n) is 2.49. The van der Waals surface area contributed by atoms with Crippen molar-refractivity contribution in [2.24, 2.45) is 0 Å². The predicted molar refractivity (Wildman–Crippen MR) is 73.6 cm³/mol. The summed E-state index contributed by atoms with van der Waals surface area (Å²) in [6.45, 7) is 8.05. The molecule has 1 atom stereocenters. The molecular formula is C13H19N3OS. The molecule has 1 aromatic rings. The van der Waals surface area contributed by atoms with Crippen molar-refractivity contribution in [3.8, 4) is 12.3 Å². The molecule has 0 saturated carbocycles. The molecule has 4 nitrogen and oxygen atoms in total. The minimum absolute atomic E-state index is 0.175. The lowest BCUT2D eigenvalue weighted by atomic mass is 9.91. The zero-order valence-corrected chi connectivity index (χ0v) is 12.1. The average Bonchev–Trinajstić information content (AvgIpc) is 2.76. The van der Waals surface area contributed by atoms with Crippen LogP contribution in [-0.4, -0.2) is 21.5 Å². The van der Waals surface area contributed by atoms with Gasteiger partial charge in [0.15, 0.2) is 0 Å². The molecule has 1 N–H and O–H groups in total. The quantitative estimate of drug-likeness (QED) is 0.850. The fraction of sp³-hybridized carbons (Fsp3) is 0.615. The summed E-state index contributed by atoms with van der Waals surface area (Å²) in [7, 11) is 0. The van der Waals surface area contributed by atoms with Crippen LogP contribution in [0.1, 0.15) is 55.9 Å². The second kappa shape index (κ2) is 5.96. The Labute approximate surface area is 112 Å². The minimum Gasteiger partial charge on any atom is -0.338 e. The highest BCUT2D eigenvalue weighted by Gasteiger charge is 2.26. The van der Waals surface area contributed by atoms with Gasteiger partial charge in [-0.3, -0.25) is 4.79 Å². The maximum absolute atomic E-state index is 12.1. The summed E-state index contributed by atoms with van der Waals surface area (Å²) >= 11 is 1.11. The van der Waals surface area contributed by atoms with E-state index in [9.17, 15) is 4.79 Å². The number of nitrogens with zero attached hydrogens (tertiary/aromatic N) is 2. The van der Waals surface area contributed by atoms with Crippen molar-refractivity contribution in [1.82, 2.24) is 14.9 Å². The Morgan fingerprint density at radius 1 is 1.56 bits per heavy atom. The molecule has 0 aliphatic rings. The molecule has 0 aromatic carbocycles. The molecule has 0 fully saturated rings. The van der Waals surface area contributed by atoms with Crippen LogP contribution >= 0.6 is 11.5 Å². The van der Waals surface area contributed by atoms with Gasteiger partial charge in [0.25, 0.3) is 5.91 Å². The average molecular weight is 265 g/mol. The first-order chi connectivity index (χ1) is 8.40. The van der Waals surface area contributed by atoms with E-state index in [0.29, 0.717) is 4.88 Å². The first-order valence-corrected chi connectivity index (χ1v) is 6.77. The number of nitrogens with one attached hydrogen (secondary N) is 1. The molecule has 0 aliphatic heterocycles. The second-order valence-corrected chi connectivity index (χ2v) is 5.94. The van der Waals surface area contributed by atoms with Gasteiger partial charge in [-0.2, -0.15) is 0 Å². The van der Waals surface area contributed by atoms with Gasteiger partial charge in [-0.15, -0.1) is 11.5 Å².